The molecule has 6 N–H and O–H groups in total. The van der Waals surface area contributed by atoms with Crippen molar-refractivity contribution < 1.29 is 9.59 Å². The lowest BCUT2D eigenvalue weighted by atomic mass is 9.93. The van der Waals surface area contributed by atoms with Crippen LogP contribution in [-0.2, 0) is 11.3 Å². The molecule has 3 amide bonds. The molecule has 3 aromatic rings. The highest BCUT2D eigenvalue weighted by Gasteiger charge is 2.42. The summed E-state index contributed by atoms with van der Waals surface area (Å²) in [6.07, 6.45) is 7.17. The summed E-state index contributed by atoms with van der Waals surface area (Å²) in [5, 5.41) is 7.45. The van der Waals surface area contributed by atoms with E-state index in [2.05, 4.69) is 25.2 Å². The van der Waals surface area contributed by atoms with Crippen molar-refractivity contribution in [3.63, 3.8) is 0 Å². The van der Waals surface area contributed by atoms with Gasteiger partial charge in [-0.2, -0.15) is 11.8 Å². The van der Waals surface area contributed by atoms with Gasteiger partial charge in [0.2, 0.25) is 5.91 Å². The van der Waals surface area contributed by atoms with Gasteiger partial charge in [-0.15, -0.1) is 0 Å². The van der Waals surface area contributed by atoms with E-state index in [9.17, 15) is 9.59 Å². The van der Waals surface area contributed by atoms with Gasteiger partial charge in [-0.3, -0.25) is 4.79 Å². The number of aromatic nitrogens is 3. The van der Waals surface area contributed by atoms with Gasteiger partial charge in [0.1, 0.15) is 5.52 Å². The minimum atomic E-state index is -0.217. The first kappa shape index (κ1) is 22.8. The molecule has 0 radical (unpaired) electrons. The fourth-order valence-electron chi connectivity index (χ4n) is 5.29. The molecule has 1 aromatic carbocycles. The van der Waals surface area contributed by atoms with Crippen LogP contribution in [-0.4, -0.2) is 49.6 Å². The number of carbonyl (C=O) groups excluding carboxylic acids is 2. The number of hydrogen-bond donors (Lipinski definition) is 4. The molecule has 4 unspecified atom stereocenters. The summed E-state index contributed by atoms with van der Waals surface area (Å²) in [4.78, 5) is 32.5. The summed E-state index contributed by atoms with van der Waals surface area (Å²) in [5.41, 5.74) is 14.4. The third-order valence-corrected chi connectivity index (χ3v) is 8.57. The predicted octanol–water partition coefficient (Wildman–Crippen LogP) is 2.77. The number of aryl methyl sites for hydroxylation is 1. The number of imidazole rings is 1. The molecular formula is C24H31N7O2S. The second kappa shape index (κ2) is 9.69. The van der Waals surface area contributed by atoms with Crippen LogP contribution in [0.2, 0.25) is 0 Å². The Labute approximate surface area is 202 Å². The van der Waals surface area contributed by atoms with E-state index in [4.69, 9.17) is 11.5 Å². The molecule has 0 bridgehead atoms. The van der Waals surface area contributed by atoms with Crippen molar-refractivity contribution in [3.05, 3.63) is 30.6 Å². The van der Waals surface area contributed by atoms with Crippen LogP contribution in [0.3, 0.4) is 0 Å². The van der Waals surface area contributed by atoms with Gasteiger partial charge in [0.15, 0.2) is 5.82 Å². The Morgan fingerprint density at radius 2 is 2.03 bits per heavy atom. The van der Waals surface area contributed by atoms with Crippen molar-refractivity contribution in [2.75, 3.05) is 11.5 Å². The number of hydrogen-bond acceptors (Lipinski definition) is 6. The van der Waals surface area contributed by atoms with Crippen molar-refractivity contribution in [2.45, 2.75) is 62.4 Å². The SMILES string of the molecule is NC(=O)C(CCCCn1cnc2c(N)nc3ccccc3c21)CCCC1SCC2NC(=O)NC21. The Morgan fingerprint density at radius 3 is 2.88 bits per heavy atom. The van der Waals surface area contributed by atoms with Crippen LogP contribution in [0.5, 0.6) is 0 Å². The molecule has 4 heterocycles. The highest BCUT2D eigenvalue weighted by molar-refractivity contribution is 8.00. The topological polar surface area (TPSA) is 141 Å². The Bertz CT molecular complexity index is 1210. The number of pyridine rings is 1. The monoisotopic (exact) mass is 481 g/mol. The molecule has 10 heteroatoms. The van der Waals surface area contributed by atoms with Crippen LogP contribution < -0.4 is 22.1 Å². The Morgan fingerprint density at radius 1 is 1.21 bits per heavy atom. The fraction of sp³-hybridized carbons (Fsp3) is 0.500. The number of rotatable bonds is 10. The minimum absolute atomic E-state index is 0.0621. The first-order valence-corrected chi connectivity index (χ1v) is 13.0. The van der Waals surface area contributed by atoms with Gasteiger partial charge in [0.25, 0.3) is 0 Å². The Balaban J connectivity index is 1.13. The smallest absolute Gasteiger partial charge is 0.315 e. The highest BCUT2D eigenvalue weighted by Crippen LogP contribution is 2.34. The number of carbonyl (C=O) groups is 2. The summed E-state index contributed by atoms with van der Waals surface area (Å²) in [6.45, 7) is 0.796. The van der Waals surface area contributed by atoms with Gasteiger partial charge in [-0.25, -0.2) is 14.8 Å². The maximum atomic E-state index is 12.0. The number of primary amides is 1. The van der Waals surface area contributed by atoms with Crippen molar-refractivity contribution in [2.24, 2.45) is 11.7 Å². The number of nitrogens with two attached hydrogens (primary N) is 2. The van der Waals surface area contributed by atoms with Gasteiger partial charge in [-0.1, -0.05) is 31.0 Å². The number of amides is 3. The Kier molecular flexibility index (Phi) is 6.49. The van der Waals surface area contributed by atoms with Crippen LogP contribution in [0.4, 0.5) is 10.6 Å². The Hall–Kier alpha value is -3.01. The molecule has 2 aliphatic heterocycles. The standard InChI is InChI=1S/C24H31N7O2S/c25-22-20-21(15-8-1-2-9-16(15)28-22)31(13-27-20)11-4-3-6-14(23(26)32)7-5-10-18-19-17(12-34-18)29-24(33)30-19/h1-2,8-9,13-14,17-19H,3-7,10-12H2,(H2,25,28)(H2,26,32)(H2,29,30,33). The molecule has 5 rings (SSSR count). The van der Waals surface area contributed by atoms with E-state index < -0.39 is 0 Å². The second-order valence-electron chi connectivity index (χ2n) is 9.30. The van der Waals surface area contributed by atoms with Crippen LogP contribution >= 0.6 is 11.8 Å². The van der Waals surface area contributed by atoms with Gasteiger partial charge < -0.3 is 26.7 Å². The number of nitrogen functional groups attached to an aromatic ring is 1. The molecule has 2 aromatic heterocycles. The second-order valence-corrected chi connectivity index (χ2v) is 10.6. The van der Waals surface area contributed by atoms with E-state index in [-0.39, 0.29) is 29.9 Å². The lowest BCUT2D eigenvalue weighted by Gasteiger charge is -2.18. The zero-order valence-corrected chi connectivity index (χ0v) is 19.9. The third-order valence-electron chi connectivity index (χ3n) is 7.06. The number of anilines is 1. The average molecular weight is 482 g/mol. The first-order chi connectivity index (χ1) is 16.5. The number of nitrogens with one attached hydrogen (secondary N) is 2. The normalized spacial score (nSPS) is 22.6. The molecule has 0 saturated carbocycles. The third kappa shape index (κ3) is 4.51. The van der Waals surface area contributed by atoms with Crippen LogP contribution in [0.25, 0.3) is 21.9 Å². The van der Waals surface area contributed by atoms with Crippen LogP contribution in [0, 0.1) is 5.92 Å². The maximum Gasteiger partial charge on any atom is 0.315 e. The number of para-hydroxylation sites is 1. The minimum Gasteiger partial charge on any atom is -0.382 e. The van der Waals surface area contributed by atoms with E-state index >= 15 is 0 Å². The number of nitrogens with zero attached hydrogens (tertiary/aromatic N) is 3. The first-order valence-electron chi connectivity index (χ1n) is 12.0. The highest BCUT2D eigenvalue weighted by atomic mass is 32.2. The van der Waals surface area contributed by atoms with E-state index in [0.717, 1.165) is 72.8 Å². The molecule has 2 aliphatic rings. The van der Waals surface area contributed by atoms with Crippen molar-refractivity contribution in [1.82, 2.24) is 25.2 Å². The molecule has 34 heavy (non-hydrogen) atoms. The maximum absolute atomic E-state index is 12.0. The molecule has 0 aliphatic carbocycles. The number of thioether (sulfide) groups is 1. The van der Waals surface area contributed by atoms with Crippen molar-refractivity contribution in [1.29, 1.82) is 0 Å². The lowest BCUT2D eigenvalue weighted by molar-refractivity contribution is -0.122. The molecule has 2 fully saturated rings. The number of unbranched alkanes of at least 4 members (excludes halogenated alkanes) is 1. The summed E-state index contributed by atoms with van der Waals surface area (Å²) in [7, 11) is 0. The number of fused-ring (bicyclic) bond motifs is 4. The van der Waals surface area contributed by atoms with E-state index in [1.807, 2.05) is 42.4 Å². The predicted molar refractivity (Wildman–Crippen MR) is 135 cm³/mol. The average Bonchev–Trinajstić information content (AvgIpc) is 3.50. The summed E-state index contributed by atoms with van der Waals surface area (Å²) in [6, 6.07) is 8.33. The van der Waals surface area contributed by atoms with Crippen LogP contribution in [0.15, 0.2) is 30.6 Å². The zero-order valence-electron chi connectivity index (χ0n) is 19.1. The van der Waals surface area contributed by atoms with E-state index in [1.165, 1.54) is 0 Å². The van der Waals surface area contributed by atoms with Gasteiger partial charge in [0.05, 0.1) is 29.4 Å². The van der Waals surface area contributed by atoms with E-state index in [1.54, 1.807) is 0 Å². The molecule has 9 nitrogen and oxygen atoms in total. The number of benzene rings is 1. The molecule has 180 valence electrons. The largest absolute Gasteiger partial charge is 0.382 e. The van der Waals surface area contributed by atoms with Gasteiger partial charge in [-0.05, 0) is 31.7 Å². The fourth-order valence-corrected chi connectivity index (χ4v) is 6.83. The summed E-state index contributed by atoms with van der Waals surface area (Å²) in [5.74, 6) is 1.07. The van der Waals surface area contributed by atoms with Gasteiger partial charge >= 0.3 is 6.03 Å². The van der Waals surface area contributed by atoms with E-state index in [0.29, 0.717) is 11.1 Å². The quantitative estimate of drug-likeness (QED) is 0.259. The van der Waals surface area contributed by atoms with Crippen molar-refractivity contribution in [3.8, 4) is 0 Å². The summed E-state index contributed by atoms with van der Waals surface area (Å²) >= 11 is 1.90. The lowest BCUT2D eigenvalue weighted by Crippen LogP contribution is -2.36. The molecule has 2 saturated heterocycles. The summed E-state index contributed by atoms with van der Waals surface area (Å²) < 4.78 is 2.13. The van der Waals surface area contributed by atoms with Crippen LogP contribution in [0.1, 0.15) is 38.5 Å². The molecular weight excluding hydrogens is 450 g/mol. The number of urea groups is 1. The molecule has 4 atom stereocenters. The zero-order chi connectivity index (χ0) is 23.7. The molecule has 0 spiro atoms. The van der Waals surface area contributed by atoms with Gasteiger partial charge in [0, 0.05) is 28.9 Å². The van der Waals surface area contributed by atoms with Crippen molar-refractivity contribution >= 4 is 51.5 Å².